The lowest BCUT2D eigenvalue weighted by Gasteiger charge is -2.31. The molecule has 0 radical (unpaired) electrons. The minimum atomic E-state index is -0.856. The molecule has 0 aliphatic carbocycles. The van der Waals surface area contributed by atoms with Gasteiger partial charge in [-0.15, -0.1) is 0 Å². The number of hydrogen-bond donors (Lipinski definition) is 3. The van der Waals surface area contributed by atoms with E-state index in [4.69, 9.17) is 16.7 Å². The summed E-state index contributed by atoms with van der Waals surface area (Å²) in [5.74, 6) is 0.480. The van der Waals surface area contributed by atoms with Crippen LogP contribution in [0.1, 0.15) is 12.8 Å². The standard InChI is InChI=1S/C21H21ClN6O2/c22-16-2-1-3-18(9-16)27-20-24-11-15(12-25-20)14-8-19(13-23-10-14)26-17-4-6-28(7-5-17)21(29)30/h1-3,8-13,17,26H,4-7H2,(H,29,30)(H,24,25,27). The van der Waals surface area contributed by atoms with Gasteiger partial charge >= 0.3 is 6.09 Å². The quantitative estimate of drug-likeness (QED) is 0.554. The summed E-state index contributed by atoms with van der Waals surface area (Å²) in [6, 6.07) is 9.58. The molecule has 1 saturated heterocycles. The molecule has 0 saturated carbocycles. The van der Waals surface area contributed by atoms with Crippen molar-refractivity contribution >= 4 is 35.0 Å². The number of carboxylic acid groups (broad SMARTS) is 1. The van der Waals surface area contributed by atoms with Gasteiger partial charge in [-0.1, -0.05) is 17.7 Å². The van der Waals surface area contributed by atoms with E-state index in [1.165, 1.54) is 4.90 Å². The zero-order chi connectivity index (χ0) is 20.9. The van der Waals surface area contributed by atoms with Crippen LogP contribution in [-0.4, -0.2) is 50.2 Å². The highest BCUT2D eigenvalue weighted by Gasteiger charge is 2.22. The first kappa shape index (κ1) is 19.9. The SMILES string of the molecule is O=C(O)N1CCC(Nc2cncc(-c3cnc(Nc4cccc(Cl)c4)nc3)c2)CC1. The van der Waals surface area contributed by atoms with E-state index >= 15 is 0 Å². The Hall–Kier alpha value is -3.39. The van der Waals surface area contributed by atoms with E-state index in [2.05, 4.69) is 25.6 Å². The number of amides is 1. The minimum absolute atomic E-state index is 0.221. The summed E-state index contributed by atoms with van der Waals surface area (Å²) in [7, 11) is 0. The van der Waals surface area contributed by atoms with Crippen LogP contribution in [0.4, 0.5) is 22.1 Å². The van der Waals surface area contributed by atoms with Crippen LogP contribution >= 0.6 is 11.6 Å². The molecule has 1 amide bonds. The van der Waals surface area contributed by atoms with Gasteiger partial charge in [0.05, 0.1) is 5.69 Å². The van der Waals surface area contributed by atoms with E-state index in [1.54, 1.807) is 36.9 Å². The molecule has 8 nitrogen and oxygen atoms in total. The lowest BCUT2D eigenvalue weighted by atomic mass is 10.0. The summed E-state index contributed by atoms with van der Waals surface area (Å²) in [4.78, 5) is 25.6. The van der Waals surface area contributed by atoms with E-state index in [1.807, 2.05) is 18.2 Å². The van der Waals surface area contributed by atoms with Crippen molar-refractivity contribution in [1.82, 2.24) is 19.9 Å². The number of rotatable bonds is 5. The van der Waals surface area contributed by atoms with Crippen molar-refractivity contribution in [2.24, 2.45) is 0 Å². The smallest absolute Gasteiger partial charge is 0.407 e. The van der Waals surface area contributed by atoms with E-state index < -0.39 is 6.09 Å². The summed E-state index contributed by atoms with van der Waals surface area (Å²) in [5, 5.41) is 16.3. The first-order valence-electron chi connectivity index (χ1n) is 9.61. The fraction of sp³-hybridized carbons (Fsp3) is 0.238. The van der Waals surface area contributed by atoms with E-state index in [9.17, 15) is 4.79 Å². The maximum absolute atomic E-state index is 11.0. The van der Waals surface area contributed by atoms with Crippen LogP contribution in [0.25, 0.3) is 11.1 Å². The normalized spacial score (nSPS) is 14.4. The zero-order valence-corrected chi connectivity index (χ0v) is 16.9. The van der Waals surface area contributed by atoms with Gasteiger partial charge in [0.25, 0.3) is 0 Å². The second kappa shape index (κ2) is 8.96. The molecule has 4 rings (SSSR count). The summed E-state index contributed by atoms with van der Waals surface area (Å²) in [6.45, 7) is 1.07. The van der Waals surface area contributed by atoms with Gasteiger partial charge in [-0.25, -0.2) is 14.8 Å². The lowest BCUT2D eigenvalue weighted by Crippen LogP contribution is -2.41. The Morgan fingerprint density at radius 1 is 1.03 bits per heavy atom. The number of pyridine rings is 1. The van der Waals surface area contributed by atoms with Crippen molar-refractivity contribution in [2.75, 3.05) is 23.7 Å². The predicted octanol–water partition coefficient (Wildman–Crippen LogP) is 4.49. The molecule has 3 N–H and O–H groups in total. The summed E-state index contributed by atoms with van der Waals surface area (Å²) in [5.41, 5.74) is 3.46. The average molecular weight is 425 g/mol. The first-order chi connectivity index (χ1) is 14.6. The number of aromatic nitrogens is 3. The van der Waals surface area contributed by atoms with Crippen LogP contribution in [0.3, 0.4) is 0 Å². The Morgan fingerprint density at radius 3 is 2.50 bits per heavy atom. The third kappa shape index (κ3) is 4.96. The molecule has 1 fully saturated rings. The van der Waals surface area contributed by atoms with Crippen molar-refractivity contribution in [3.63, 3.8) is 0 Å². The van der Waals surface area contributed by atoms with E-state index in [-0.39, 0.29) is 6.04 Å². The molecule has 0 spiro atoms. The van der Waals surface area contributed by atoms with Crippen molar-refractivity contribution < 1.29 is 9.90 Å². The molecule has 2 aromatic heterocycles. The number of halogens is 1. The van der Waals surface area contributed by atoms with Gasteiger partial charge in [-0.3, -0.25) is 4.98 Å². The molecule has 1 aliphatic rings. The number of nitrogens with zero attached hydrogens (tertiary/aromatic N) is 4. The molecule has 0 atom stereocenters. The molecule has 0 bridgehead atoms. The Labute approximate surface area is 179 Å². The molecule has 3 aromatic rings. The summed E-state index contributed by atoms with van der Waals surface area (Å²) >= 11 is 6.00. The Bertz CT molecular complexity index is 1020. The molecular weight excluding hydrogens is 404 g/mol. The van der Waals surface area contributed by atoms with Crippen LogP contribution in [0.15, 0.2) is 55.1 Å². The molecule has 1 aromatic carbocycles. The third-order valence-corrected chi connectivity index (χ3v) is 5.18. The molecule has 30 heavy (non-hydrogen) atoms. The van der Waals surface area contributed by atoms with Gasteiger partial charge < -0.3 is 20.6 Å². The molecule has 154 valence electrons. The number of likely N-dealkylation sites (tertiary alicyclic amines) is 1. The summed E-state index contributed by atoms with van der Waals surface area (Å²) < 4.78 is 0. The van der Waals surface area contributed by atoms with Crippen LogP contribution in [0.5, 0.6) is 0 Å². The van der Waals surface area contributed by atoms with Crippen LogP contribution in [0, 0.1) is 0 Å². The number of piperidine rings is 1. The lowest BCUT2D eigenvalue weighted by molar-refractivity contribution is 0.134. The predicted molar refractivity (Wildman–Crippen MR) is 116 cm³/mol. The van der Waals surface area contributed by atoms with Crippen molar-refractivity contribution in [3.05, 3.63) is 60.1 Å². The largest absolute Gasteiger partial charge is 0.465 e. The van der Waals surface area contributed by atoms with Crippen molar-refractivity contribution in [3.8, 4) is 11.1 Å². The van der Waals surface area contributed by atoms with Crippen LogP contribution in [-0.2, 0) is 0 Å². The van der Waals surface area contributed by atoms with Crippen molar-refractivity contribution in [1.29, 1.82) is 0 Å². The van der Waals surface area contributed by atoms with Crippen molar-refractivity contribution in [2.45, 2.75) is 18.9 Å². The average Bonchev–Trinajstić information content (AvgIpc) is 2.75. The number of anilines is 3. The van der Waals surface area contributed by atoms with Gasteiger partial charge in [0, 0.05) is 65.8 Å². The first-order valence-corrected chi connectivity index (χ1v) is 9.99. The fourth-order valence-electron chi connectivity index (χ4n) is 3.36. The summed E-state index contributed by atoms with van der Waals surface area (Å²) in [6.07, 6.45) is 7.69. The highest BCUT2D eigenvalue weighted by Crippen LogP contribution is 2.24. The second-order valence-electron chi connectivity index (χ2n) is 7.08. The number of benzene rings is 1. The number of carbonyl (C=O) groups is 1. The number of nitrogens with one attached hydrogen (secondary N) is 2. The van der Waals surface area contributed by atoms with Gasteiger partial charge in [0.2, 0.25) is 5.95 Å². The highest BCUT2D eigenvalue weighted by atomic mass is 35.5. The van der Waals surface area contributed by atoms with Gasteiger partial charge in [0.1, 0.15) is 0 Å². The Balaban J connectivity index is 1.40. The molecule has 9 heteroatoms. The molecule has 3 heterocycles. The third-order valence-electron chi connectivity index (χ3n) is 4.94. The van der Waals surface area contributed by atoms with E-state index in [0.717, 1.165) is 35.3 Å². The maximum Gasteiger partial charge on any atom is 0.407 e. The Morgan fingerprint density at radius 2 is 1.80 bits per heavy atom. The van der Waals surface area contributed by atoms with Crippen LogP contribution in [0.2, 0.25) is 5.02 Å². The highest BCUT2D eigenvalue weighted by molar-refractivity contribution is 6.30. The topological polar surface area (TPSA) is 103 Å². The fourth-order valence-corrected chi connectivity index (χ4v) is 3.55. The second-order valence-corrected chi connectivity index (χ2v) is 7.52. The maximum atomic E-state index is 11.0. The van der Waals surface area contributed by atoms with E-state index in [0.29, 0.717) is 24.1 Å². The molecular formula is C21H21ClN6O2. The molecule has 1 aliphatic heterocycles. The monoisotopic (exact) mass is 424 g/mol. The molecule has 0 unspecified atom stereocenters. The van der Waals surface area contributed by atoms with Gasteiger partial charge in [-0.2, -0.15) is 0 Å². The minimum Gasteiger partial charge on any atom is -0.465 e. The van der Waals surface area contributed by atoms with Gasteiger partial charge in [-0.05, 0) is 37.1 Å². The zero-order valence-electron chi connectivity index (χ0n) is 16.1. The van der Waals surface area contributed by atoms with Crippen LogP contribution < -0.4 is 10.6 Å². The Kier molecular flexibility index (Phi) is 5.94. The van der Waals surface area contributed by atoms with Gasteiger partial charge in [0.15, 0.2) is 0 Å². The number of hydrogen-bond acceptors (Lipinski definition) is 6.